The predicted molar refractivity (Wildman–Crippen MR) is 148 cm³/mol. The number of anilines is 1. The molecule has 2 amide bonds. The smallest absolute Gasteiger partial charge is 0.244 e. The lowest BCUT2D eigenvalue weighted by Gasteiger charge is -2.34. The number of carbonyl (C=O) groups excluding carboxylic acids is 2. The molecular weight excluding hydrogens is 505 g/mol. The summed E-state index contributed by atoms with van der Waals surface area (Å²) in [6.45, 7) is 5.15. The van der Waals surface area contributed by atoms with Crippen LogP contribution in [0.3, 0.4) is 0 Å². The van der Waals surface area contributed by atoms with Gasteiger partial charge in [-0.1, -0.05) is 54.6 Å². The second-order valence-electron chi connectivity index (χ2n) is 9.56. The van der Waals surface area contributed by atoms with E-state index in [2.05, 4.69) is 5.32 Å². The van der Waals surface area contributed by atoms with Gasteiger partial charge in [0.1, 0.15) is 18.4 Å². The largest absolute Gasteiger partial charge is 0.352 e. The van der Waals surface area contributed by atoms with Crippen LogP contribution < -0.4 is 9.62 Å². The highest BCUT2D eigenvalue weighted by atomic mass is 32.2. The standard InChI is InChI=1S/C29H34FN3O4S/c1-21(2)31-29(35)27(18-23-11-6-5-7-12-23)32(19-24-13-9-8-10-22(24)3)28(34)20-33(38(4,36)37)26-16-14-25(30)15-17-26/h5-17,21,27H,18-20H2,1-4H3,(H,31,35)/t27-/m0/s1. The van der Waals surface area contributed by atoms with Crippen LogP contribution in [0.15, 0.2) is 78.9 Å². The summed E-state index contributed by atoms with van der Waals surface area (Å²) in [6.07, 6.45) is 1.23. The minimum absolute atomic E-state index is 0.107. The first kappa shape index (κ1) is 28.8. The van der Waals surface area contributed by atoms with Gasteiger partial charge < -0.3 is 10.2 Å². The minimum atomic E-state index is -3.90. The molecule has 9 heteroatoms. The summed E-state index contributed by atoms with van der Waals surface area (Å²) in [4.78, 5) is 28.9. The van der Waals surface area contributed by atoms with Crippen molar-refractivity contribution in [2.45, 2.75) is 45.8 Å². The molecular formula is C29H34FN3O4S. The van der Waals surface area contributed by atoms with Crippen molar-refractivity contribution in [2.24, 2.45) is 0 Å². The average molecular weight is 540 g/mol. The summed E-state index contributed by atoms with van der Waals surface area (Å²) in [5.74, 6) is -1.41. The number of nitrogens with zero attached hydrogens (tertiary/aromatic N) is 2. The number of sulfonamides is 1. The van der Waals surface area contributed by atoms with Gasteiger partial charge in [-0.2, -0.15) is 0 Å². The summed E-state index contributed by atoms with van der Waals surface area (Å²) < 4.78 is 39.9. The lowest BCUT2D eigenvalue weighted by molar-refractivity contribution is -0.140. The normalized spacial score (nSPS) is 12.2. The van der Waals surface area contributed by atoms with Crippen LogP contribution in [0.4, 0.5) is 10.1 Å². The van der Waals surface area contributed by atoms with Gasteiger partial charge in [-0.3, -0.25) is 13.9 Å². The van der Waals surface area contributed by atoms with E-state index in [1.54, 1.807) is 0 Å². The van der Waals surface area contributed by atoms with E-state index in [1.165, 1.54) is 17.0 Å². The summed E-state index contributed by atoms with van der Waals surface area (Å²) >= 11 is 0. The first-order valence-electron chi connectivity index (χ1n) is 12.4. The average Bonchev–Trinajstić information content (AvgIpc) is 2.85. The van der Waals surface area contributed by atoms with Gasteiger partial charge in [-0.15, -0.1) is 0 Å². The molecule has 0 spiro atoms. The van der Waals surface area contributed by atoms with E-state index < -0.39 is 34.3 Å². The summed E-state index contributed by atoms with van der Waals surface area (Å²) in [6, 6.07) is 20.7. The van der Waals surface area contributed by atoms with E-state index in [0.29, 0.717) is 0 Å². The van der Waals surface area contributed by atoms with Crippen molar-refractivity contribution in [3.05, 3.63) is 101 Å². The highest BCUT2D eigenvalue weighted by Gasteiger charge is 2.33. The van der Waals surface area contributed by atoms with Crippen LogP contribution in [0, 0.1) is 12.7 Å². The Bertz CT molecular complexity index is 1350. The number of nitrogens with one attached hydrogen (secondary N) is 1. The number of halogens is 1. The zero-order valence-corrected chi connectivity index (χ0v) is 22.9. The van der Waals surface area contributed by atoms with Crippen LogP contribution in [0.1, 0.15) is 30.5 Å². The van der Waals surface area contributed by atoms with Gasteiger partial charge in [0, 0.05) is 19.0 Å². The molecule has 0 aromatic heterocycles. The Labute approximate surface area is 224 Å². The second-order valence-corrected chi connectivity index (χ2v) is 11.5. The molecule has 0 unspecified atom stereocenters. The van der Waals surface area contributed by atoms with Gasteiger partial charge in [0.2, 0.25) is 21.8 Å². The molecule has 0 saturated carbocycles. The summed E-state index contributed by atoms with van der Waals surface area (Å²) in [5.41, 5.74) is 2.79. The molecule has 7 nitrogen and oxygen atoms in total. The van der Waals surface area contributed by atoms with E-state index in [4.69, 9.17) is 0 Å². The SMILES string of the molecule is Cc1ccccc1CN(C(=O)CN(c1ccc(F)cc1)S(C)(=O)=O)[C@@H](Cc1ccccc1)C(=O)NC(C)C. The zero-order valence-electron chi connectivity index (χ0n) is 22.1. The van der Waals surface area contributed by atoms with E-state index >= 15 is 0 Å². The molecule has 0 saturated heterocycles. The third-order valence-corrected chi connectivity index (χ3v) is 7.24. The molecule has 202 valence electrons. The third kappa shape index (κ3) is 7.89. The summed E-state index contributed by atoms with van der Waals surface area (Å²) in [5, 5.41) is 2.91. The van der Waals surface area contributed by atoms with Crippen molar-refractivity contribution >= 4 is 27.5 Å². The monoisotopic (exact) mass is 539 g/mol. The maximum absolute atomic E-state index is 13.9. The Balaban J connectivity index is 2.06. The van der Waals surface area contributed by atoms with Gasteiger partial charge in [0.05, 0.1) is 11.9 Å². The van der Waals surface area contributed by atoms with Crippen LogP contribution in [0.25, 0.3) is 0 Å². The maximum atomic E-state index is 13.9. The Kier molecular flexibility index (Phi) is 9.63. The van der Waals surface area contributed by atoms with E-state index in [1.807, 2.05) is 75.4 Å². The Morgan fingerprint density at radius 3 is 2.11 bits per heavy atom. The van der Waals surface area contributed by atoms with Crippen molar-refractivity contribution in [3.63, 3.8) is 0 Å². The molecule has 3 rings (SSSR count). The number of aryl methyl sites for hydroxylation is 1. The van der Waals surface area contributed by atoms with Gasteiger partial charge >= 0.3 is 0 Å². The van der Waals surface area contributed by atoms with Gasteiger partial charge in [-0.25, -0.2) is 12.8 Å². The van der Waals surface area contributed by atoms with Crippen LogP contribution in [0.5, 0.6) is 0 Å². The number of benzene rings is 3. The molecule has 0 fully saturated rings. The van der Waals surface area contributed by atoms with E-state index in [-0.39, 0.29) is 30.6 Å². The maximum Gasteiger partial charge on any atom is 0.244 e. The van der Waals surface area contributed by atoms with Crippen molar-refractivity contribution in [2.75, 3.05) is 17.1 Å². The molecule has 0 bridgehead atoms. The molecule has 1 N–H and O–H groups in total. The fourth-order valence-corrected chi connectivity index (χ4v) is 4.98. The number of hydrogen-bond acceptors (Lipinski definition) is 4. The third-order valence-electron chi connectivity index (χ3n) is 6.10. The quantitative estimate of drug-likeness (QED) is 0.398. The molecule has 0 heterocycles. The lowest BCUT2D eigenvalue weighted by atomic mass is 10.0. The number of rotatable bonds is 11. The van der Waals surface area contributed by atoms with Crippen molar-refractivity contribution < 1.29 is 22.4 Å². The first-order valence-corrected chi connectivity index (χ1v) is 14.2. The highest BCUT2D eigenvalue weighted by molar-refractivity contribution is 7.92. The molecule has 0 aliphatic carbocycles. The second kappa shape index (κ2) is 12.7. The fourth-order valence-electron chi connectivity index (χ4n) is 4.13. The fraction of sp³-hybridized carbons (Fsp3) is 0.310. The zero-order chi connectivity index (χ0) is 27.9. The molecule has 1 atom stereocenters. The van der Waals surface area contributed by atoms with E-state index in [0.717, 1.165) is 39.4 Å². The predicted octanol–water partition coefficient (Wildman–Crippen LogP) is 4.06. The lowest BCUT2D eigenvalue weighted by Crippen LogP contribution is -2.54. The Hall–Kier alpha value is -3.72. The highest BCUT2D eigenvalue weighted by Crippen LogP contribution is 2.21. The van der Waals surface area contributed by atoms with Crippen LogP contribution in [-0.4, -0.2) is 50.0 Å². The van der Waals surface area contributed by atoms with Crippen LogP contribution >= 0.6 is 0 Å². The van der Waals surface area contributed by atoms with Gasteiger partial charge in [0.25, 0.3) is 0 Å². The molecule has 0 aliphatic heterocycles. The van der Waals surface area contributed by atoms with Gasteiger partial charge in [0.15, 0.2) is 0 Å². The van der Waals surface area contributed by atoms with E-state index in [9.17, 15) is 22.4 Å². The Morgan fingerprint density at radius 2 is 1.53 bits per heavy atom. The van der Waals surface area contributed by atoms with Crippen LogP contribution in [-0.2, 0) is 32.6 Å². The Morgan fingerprint density at radius 1 is 0.921 bits per heavy atom. The van der Waals surface area contributed by atoms with Gasteiger partial charge in [-0.05, 0) is 61.7 Å². The van der Waals surface area contributed by atoms with Crippen LogP contribution in [0.2, 0.25) is 0 Å². The topological polar surface area (TPSA) is 86.8 Å². The number of carbonyl (C=O) groups is 2. The first-order chi connectivity index (χ1) is 18.0. The molecule has 0 aliphatic rings. The van der Waals surface area contributed by atoms with Crippen molar-refractivity contribution in [1.82, 2.24) is 10.2 Å². The molecule has 38 heavy (non-hydrogen) atoms. The minimum Gasteiger partial charge on any atom is -0.352 e. The molecule has 3 aromatic rings. The molecule has 0 radical (unpaired) electrons. The van der Waals surface area contributed by atoms with Crippen molar-refractivity contribution in [1.29, 1.82) is 0 Å². The summed E-state index contributed by atoms with van der Waals surface area (Å²) in [7, 11) is -3.90. The molecule has 3 aromatic carbocycles. The number of amides is 2. The van der Waals surface area contributed by atoms with Crippen molar-refractivity contribution in [3.8, 4) is 0 Å². The number of hydrogen-bond donors (Lipinski definition) is 1.